The highest BCUT2D eigenvalue weighted by atomic mass is 32.1. The third-order valence-corrected chi connectivity index (χ3v) is 3.82. The van der Waals surface area contributed by atoms with Crippen LogP contribution < -0.4 is 5.73 Å². The van der Waals surface area contributed by atoms with Gasteiger partial charge in [0.25, 0.3) is 0 Å². The highest BCUT2D eigenvalue weighted by Crippen LogP contribution is 2.37. The number of anilines is 1. The molecule has 0 atom stereocenters. The molecule has 0 saturated carbocycles. The molecular weight excluding hydrogens is 222 g/mol. The summed E-state index contributed by atoms with van der Waals surface area (Å²) in [6.45, 7) is 4.51. The lowest BCUT2D eigenvalue weighted by Gasteiger charge is -2.07. The average Bonchev–Trinajstić information content (AvgIpc) is 2.73. The van der Waals surface area contributed by atoms with Crippen molar-refractivity contribution in [2.45, 2.75) is 33.1 Å². The van der Waals surface area contributed by atoms with E-state index in [1.807, 2.05) is 13.8 Å². The number of nitrogen functional groups attached to an aromatic ring is 1. The fourth-order valence-corrected chi connectivity index (χ4v) is 3.11. The fraction of sp³-hybridized carbons (Fsp3) is 0.583. The van der Waals surface area contributed by atoms with Gasteiger partial charge in [0, 0.05) is 4.88 Å². The third kappa shape index (κ3) is 2.07. The van der Waals surface area contributed by atoms with E-state index in [1.54, 1.807) is 11.3 Å². The number of rotatable bonds is 3. The summed E-state index contributed by atoms with van der Waals surface area (Å²) in [5.74, 6) is 0.113. The maximum Gasteiger partial charge on any atom is 0.341 e. The van der Waals surface area contributed by atoms with E-state index in [4.69, 9.17) is 10.5 Å². The second-order valence-electron chi connectivity index (χ2n) is 4.59. The predicted molar refractivity (Wildman–Crippen MR) is 65.9 cm³/mol. The summed E-state index contributed by atoms with van der Waals surface area (Å²) in [5, 5.41) is 0.624. The largest absolute Gasteiger partial charge is 0.462 e. The van der Waals surface area contributed by atoms with Gasteiger partial charge < -0.3 is 10.5 Å². The molecule has 0 unspecified atom stereocenters. The molecule has 2 N–H and O–H groups in total. The van der Waals surface area contributed by atoms with Crippen LogP contribution in [0.25, 0.3) is 0 Å². The number of carbonyl (C=O) groups is 1. The lowest BCUT2D eigenvalue weighted by molar-refractivity contribution is 0.0459. The van der Waals surface area contributed by atoms with Crippen LogP contribution in [0.5, 0.6) is 0 Å². The van der Waals surface area contributed by atoms with Crippen molar-refractivity contribution in [2.24, 2.45) is 5.92 Å². The first kappa shape index (κ1) is 11.5. The van der Waals surface area contributed by atoms with Crippen molar-refractivity contribution in [3.8, 4) is 0 Å². The van der Waals surface area contributed by atoms with Gasteiger partial charge in [-0.3, -0.25) is 0 Å². The zero-order valence-electron chi connectivity index (χ0n) is 9.71. The molecule has 0 aliphatic heterocycles. The molecule has 0 aromatic carbocycles. The van der Waals surface area contributed by atoms with Crippen molar-refractivity contribution in [3.63, 3.8) is 0 Å². The van der Waals surface area contributed by atoms with Crippen LogP contribution in [-0.4, -0.2) is 12.6 Å². The minimum absolute atomic E-state index is 0.245. The van der Waals surface area contributed by atoms with Crippen molar-refractivity contribution in [3.05, 3.63) is 16.0 Å². The first-order valence-corrected chi connectivity index (χ1v) is 6.48. The van der Waals surface area contributed by atoms with Gasteiger partial charge in [0.1, 0.15) is 5.00 Å². The smallest absolute Gasteiger partial charge is 0.341 e. The average molecular weight is 239 g/mol. The molecule has 1 aromatic heterocycles. The van der Waals surface area contributed by atoms with Crippen LogP contribution in [0.2, 0.25) is 0 Å². The molecule has 0 saturated heterocycles. The van der Waals surface area contributed by atoms with Crippen molar-refractivity contribution >= 4 is 22.3 Å². The van der Waals surface area contributed by atoms with E-state index in [0.29, 0.717) is 23.1 Å². The second-order valence-corrected chi connectivity index (χ2v) is 5.73. The molecule has 4 heteroatoms. The van der Waals surface area contributed by atoms with Crippen LogP contribution in [0.3, 0.4) is 0 Å². The Kier molecular flexibility index (Phi) is 3.19. The normalized spacial score (nSPS) is 14.2. The first-order valence-electron chi connectivity index (χ1n) is 5.66. The topological polar surface area (TPSA) is 52.3 Å². The minimum atomic E-state index is -0.245. The standard InChI is InChI=1S/C12H17NO2S/c1-7(2)6-15-12(14)10-8-4-3-5-9(8)16-11(10)13/h7H,3-6,13H2,1-2H3. The number of ether oxygens (including phenoxy) is 1. The molecular formula is C12H17NO2S. The number of esters is 1. The van der Waals surface area contributed by atoms with Crippen LogP contribution in [0.1, 0.15) is 41.1 Å². The SMILES string of the molecule is CC(C)COC(=O)c1c(N)sc2c1CCC2. The molecule has 1 aliphatic rings. The summed E-state index contributed by atoms with van der Waals surface area (Å²) >= 11 is 1.54. The van der Waals surface area contributed by atoms with Crippen LogP contribution >= 0.6 is 11.3 Å². The maximum atomic E-state index is 11.9. The number of hydrogen-bond donors (Lipinski definition) is 1. The molecule has 1 aliphatic carbocycles. The van der Waals surface area contributed by atoms with Gasteiger partial charge in [-0.05, 0) is 30.7 Å². The van der Waals surface area contributed by atoms with E-state index in [9.17, 15) is 4.79 Å². The predicted octanol–water partition coefficient (Wildman–Crippen LogP) is 2.63. The quantitative estimate of drug-likeness (QED) is 0.825. The first-order chi connectivity index (χ1) is 7.59. The van der Waals surface area contributed by atoms with Crippen molar-refractivity contribution in [1.29, 1.82) is 0 Å². The molecule has 3 nitrogen and oxygen atoms in total. The number of carbonyl (C=O) groups excluding carboxylic acids is 1. The van der Waals surface area contributed by atoms with E-state index in [1.165, 1.54) is 4.88 Å². The van der Waals surface area contributed by atoms with Crippen LogP contribution in [0.4, 0.5) is 5.00 Å². The van der Waals surface area contributed by atoms with Crippen LogP contribution in [0.15, 0.2) is 0 Å². The number of aryl methyl sites for hydroxylation is 1. The Balaban J connectivity index is 2.17. The lowest BCUT2D eigenvalue weighted by atomic mass is 10.1. The minimum Gasteiger partial charge on any atom is -0.462 e. The summed E-state index contributed by atoms with van der Waals surface area (Å²) in [6, 6.07) is 0. The Labute approximate surface area is 99.6 Å². The van der Waals surface area contributed by atoms with Crippen molar-refractivity contribution in [2.75, 3.05) is 12.3 Å². The summed E-state index contributed by atoms with van der Waals surface area (Å²) in [4.78, 5) is 13.2. The van der Waals surface area contributed by atoms with E-state index in [0.717, 1.165) is 24.8 Å². The van der Waals surface area contributed by atoms with Gasteiger partial charge in [-0.25, -0.2) is 4.79 Å². The van der Waals surface area contributed by atoms with Gasteiger partial charge in [0.15, 0.2) is 0 Å². The molecule has 0 bridgehead atoms. The van der Waals surface area contributed by atoms with E-state index in [2.05, 4.69) is 0 Å². The van der Waals surface area contributed by atoms with Gasteiger partial charge >= 0.3 is 5.97 Å². The second kappa shape index (κ2) is 4.45. The molecule has 0 fully saturated rings. The number of fused-ring (bicyclic) bond motifs is 1. The summed E-state index contributed by atoms with van der Waals surface area (Å²) in [5.41, 5.74) is 7.65. The van der Waals surface area contributed by atoms with Crippen molar-refractivity contribution < 1.29 is 9.53 Å². The van der Waals surface area contributed by atoms with Gasteiger partial charge in [0.2, 0.25) is 0 Å². The summed E-state index contributed by atoms with van der Waals surface area (Å²) in [7, 11) is 0. The third-order valence-electron chi connectivity index (χ3n) is 2.70. The van der Waals surface area contributed by atoms with Gasteiger partial charge in [-0.1, -0.05) is 13.8 Å². The summed E-state index contributed by atoms with van der Waals surface area (Å²) in [6.07, 6.45) is 3.16. The zero-order chi connectivity index (χ0) is 11.7. The van der Waals surface area contributed by atoms with E-state index in [-0.39, 0.29) is 5.97 Å². The van der Waals surface area contributed by atoms with Gasteiger partial charge in [-0.15, -0.1) is 11.3 Å². The van der Waals surface area contributed by atoms with Gasteiger partial charge in [0.05, 0.1) is 12.2 Å². The molecule has 88 valence electrons. The number of thiophene rings is 1. The molecule has 2 rings (SSSR count). The molecule has 1 heterocycles. The fourth-order valence-electron chi connectivity index (χ4n) is 1.96. The molecule has 0 amide bonds. The maximum absolute atomic E-state index is 11.9. The molecule has 1 aromatic rings. The Morgan fingerprint density at radius 1 is 1.50 bits per heavy atom. The highest BCUT2D eigenvalue weighted by Gasteiger charge is 2.26. The number of hydrogen-bond acceptors (Lipinski definition) is 4. The molecule has 16 heavy (non-hydrogen) atoms. The molecule has 0 spiro atoms. The van der Waals surface area contributed by atoms with E-state index < -0.39 is 0 Å². The highest BCUT2D eigenvalue weighted by molar-refractivity contribution is 7.16. The zero-order valence-corrected chi connectivity index (χ0v) is 10.5. The Morgan fingerprint density at radius 3 is 2.94 bits per heavy atom. The van der Waals surface area contributed by atoms with Crippen molar-refractivity contribution in [1.82, 2.24) is 0 Å². The lowest BCUT2D eigenvalue weighted by Crippen LogP contribution is -2.12. The Bertz CT molecular complexity index is 409. The van der Waals surface area contributed by atoms with Crippen LogP contribution in [0, 0.1) is 5.92 Å². The Morgan fingerprint density at radius 2 is 2.25 bits per heavy atom. The monoisotopic (exact) mass is 239 g/mol. The Hall–Kier alpha value is -1.03. The summed E-state index contributed by atoms with van der Waals surface area (Å²) < 4.78 is 5.24. The van der Waals surface area contributed by atoms with Gasteiger partial charge in [-0.2, -0.15) is 0 Å². The van der Waals surface area contributed by atoms with Crippen LogP contribution in [-0.2, 0) is 17.6 Å². The number of nitrogens with two attached hydrogens (primary N) is 1. The molecule has 0 radical (unpaired) electrons. The van der Waals surface area contributed by atoms with E-state index >= 15 is 0 Å².